The predicted molar refractivity (Wildman–Crippen MR) is 103 cm³/mol. The van der Waals surface area contributed by atoms with Crippen molar-refractivity contribution in [1.29, 1.82) is 0 Å². The normalized spacial score (nSPS) is 13.6. The highest BCUT2D eigenvalue weighted by Gasteiger charge is 2.19. The second-order valence-corrected chi connectivity index (χ2v) is 6.51. The Morgan fingerprint density at radius 1 is 0.917 bits per heavy atom. The lowest BCUT2D eigenvalue weighted by Gasteiger charge is -2.15. The van der Waals surface area contributed by atoms with Crippen LogP contribution in [0, 0.1) is 0 Å². The van der Waals surface area contributed by atoms with Gasteiger partial charge >= 0.3 is 0 Å². The number of thiocarbonyl (C=S) groups is 1. The van der Waals surface area contributed by atoms with Crippen molar-refractivity contribution >= 4 is 46.2 Å². The maximum Gasteiger partial charge on any atom is 0.253 e. The largest absolute Gasteiger partial charge is 0.339 e. The van der Waals surface area contributed by atoms with Gasteiger partial charge in [0.15, 0.2) is 5.11 Å². The molecule has 0 aromatic heterocycles. The summed E-state index contributed by atoms with van der Waals surface area (Å²) in [6, 6.07) is 14.7. The number of hydrogen-bond donors (Lipinski definition) is 2. The number of amides is 1. The van der Waals surface area contributed by atoms with E-state index in [1.165, 1.54) is 0 Å². The van der Waals surface area contributed by atoms with Crippen LogP contribution in [0.2, 0.25) is 5.02 Å². The third-order valence-corrected chi connectivity index (χ3v) is 4.34. The highest BCUT2D eigenvalue weighted by molar-refractivity contribution is 7.80. The van der Waals surface area contributed by atoms with E-state index >= 15 is 0 Å². The summed E-state index contributed by atoms with van der Waals surface area (Å²) in [7, 11) is 0. The number of rotatable bonds is 3. The predicted octanol–water partition coefficient (Wildman–Crippen LogP) is 4.38. The van der Waals surface area contributed by atoms with Crippen molar-refractivity contribution in [2.75, 3.05) is 23.7 Å². The fraction of sp³-hybridized carbons (Fsp3) is 0.222. The molecule has 0 atom stereocenters. The smallest absolute Gasteiger partial charge is 0.253 e. The number of likely N-dealkylation sites (tertiary alicyclic amines) is 1. The summed E-state index contributed by atoms with van der Waals surface area (Å²) < 4.78 is 0. The van der Waals surface area contributed by atoms with Crippen molar-refractivity contribution in [3.05, 3.63) is 59.1 Å². The number of carbonyl (C=O) groups excluding carboxylic acids is 1. The highest BCUT2D eigenvalue weighted by atomic mass is 35.5. The van der Waals surface area contributed by atoms with Gasteiger partial charge in [-0.1, -0.05) is 11.6 Å². The van der Waals surface area contributed by atoms with Crippen LogP contribution < -0.4 is 10.6 Å². The van der Waals surface area contributed by atoms with Gasteiger partial charge in [-0.3, -0.25) is 4.79 Å². The average Bonchev–Trinajstić information content (AvgIpc) is 3.11. The zero-order valence-corrected chi connectivity index (χ0v) is 14.7. The quantitative estimate of drug-likeness (QED) is 0.798. The molecule has 1 heterocycles. The summed E-state index contributed by atoms with van der Waals surface area (Å²) in [5.74, 6) is 0.0981. The molecular weight excluding hydrogens is 342 g/mol. The summed E-state index contributed by atoms with van der Waals surface area (Å²) in [6.45, 7) is 1.71. The van der Waals surface area contributed by atoms with Gasteiger partial charge in [0.2, 0.25) is 0 Å². The first-order valence-corrected chi connectivity index (χ1v) is 8.63. The molecule has 4 nitrogen and oxygen atoms in total. The minimum absolute atomic E-state index is 0.0981. The molecule has 2 aromatic carbocycles. The van der Waals surface area contributed by atoms with E-state index in [4.69, 9.17) is 23.8 Å². The average molecular weight is 360 g/mol. The van der Waals surface area contributed by atoms with E-state index in [1.807, 2.05) is 41.3 Å². The van der Waals surface area contributed by atoms with E-state index in [9.17, 15) is 4.79 Å². The maximum absolute atomic E-state index is 12.3. The first kappa shape index (κ1) is 16.7. The lowest BCUT2D eigenvalue weighted by atomic mass is 10.2. The molecule has 3 rings (SSSR count). The van der Waals surface area contributed by atoms with Crippen LogP contribution in [0.25, 0.3) is 0 Å². The molecule has 1 fully saturated rings. The molecule has 1 aliphatic rings. The second kappa shape index (κ2) is 7.64. The Morgan fingerprint density at radius 2 is 1.42 bits per heavy atom. The maximum atomic E-state index is 12.3. The standard InChI is InChI=1S/C18H18ClN3OS/c19-14-5-9-16(10-6-14)21-18(24)20-15-7-3-13(4-8-15)17(23)22-11-1-2-12-22/h3-10H,1-2,11-12H2,(H2,20,21,24). The van der Waals surface area contributed by atoms with Crippen molar-refractivity contribution in [2.45, 2.75) is 12.8 Å². The Bertz CT molecular complexity index is 725. The Morgan fingerprint density at radius 3 is 1.96 bits per heavy atom. The molecule has 24 heavy (non-hydrogen) atoms. The second-order valence-electron chi connectivity index (χ2n) is 5.66. The van der Waals surface area contributed by atoms with Crippen LogP contribution in [-0.2, 0) is 0 Å². The monoisotopic (exact) mass is 359 g/mol. The fourth-order valence-electron chi connectivity index (χ4n) is 2.63. The Labute approximate surface area is 151 Å². The first-order chi connectivity index (χ1) is 11.6. The van der Waals surface area contributed by atoms with E-state index in [2.05, 4.69) is 10.6 Å². The van der Waals surface area contributed by atoms with Crippen LogP contribution >= 0.6 is 23.8 Å². The Hall–Kier alpha value is -2.11. The molecule has 0 bridgehead atoms. The van der Waals surface area contributed by atoms with E-state index < -0.39 is 0 Å². The third-order valence-electron chi connectivity index (χ3n) is 3.89. The summed E-state index contributed by atoms with van der Waals surface area (Å²) in [5, 5.41) is 7.35. The molecule has 2 aromatic rings. The molecular formula is C18H18ClN3OS. The van der Waals surface area contributed by atoms with Crippen LogP contribution in [0.4, 0.5) is 11.4 Å². The number of nitrogens with one attached hydrogen (secondary N) is 2. The van der Waals surface area contributed by atoms with Crippen molar-refractivity contribution in [3.8, 4) is 0 Å². The number of nitrogens with zero attached hydrogens (tertiary/aromatic N) is 1. The van der Waals surface area contributed by atoms with Crippen molar-refractivity contribution in [2.24, 2.45) is 0 Å². The van der Waals surface area contributed by atoms with Crippen LogP contribution in [0.5, 0.6) is 0 Å². The molecule has 0 spiro atoms. The number of halogens is 1. The van der Waals surface area contributed by atoms with Gasteiger partial charge < -0.3 is 15.5 Å². The van der Waals surface area contributed by atoms with Gasteiger partial charge in [0.1, 0.15) is 0 Å². The van der Waals surface area contributed by atoms with Crippen molar-refractivity contribution < 1.29 is 4.79 Å². The molecule has 124 valence electrons. The summed E-state index contributed by atoms with van der Waals surface area (Å²) >= 11 is 11.2. The molecule has 2 N–H and O–H groups in total. The molecule has 0 unspecified atom stereocenters. The van der Waals surface area contributed by atoms with Crippen molar-refractivity contribution in [3.63, 3.8) is 0 Å². The van der Waals surface area contributed by atoms with Gasteiger partial charge in [-0.2, -0.15) is 0 Å². The fourth-order valence-corrected chi connectivity index (χ4v) is 2.99. The summed E-state index contributed by atoms with van der Waals surface area (Å²) in [4.78, 5) is 14.2. The molecule has 1 aliphatic heterocycles. The topological polar surface area (TPSA) is 44.4 Å². The zero-order valence-electron chi connectivity index (χ0n) is 13.1. The van der Waals surface area contributed by atoms with Crippen LogP contribution in [-0.4, -0.2) is 29.0 Å². The number of carbonyl (C=O) groups is 1. The van der Waals surface area contributed by atoms with Crippen LogP contribution in [0.3, 0.4) is 0 Å². The number of benzene rings is 2. The minimum atomic E-state index is 0.0981. The summed E-state index contributed by atoms with van der Waals surface area (Å²) in [6.07, 6.45) is 2.19. The van der Waals surface area contributed by atoms with Gasteiger partial charge in [0.25, 0.3) is 5.91 Å². The highest BCUT2D eigenvalue weighted by Crippen LogP contribution is 2.17. The Balaban J connectivity index is 1.58. The van der Waals surface area contributed by atoms with Crippen molar-refractivity contribution in [1.82, 2.24) is 4.90 Å². The van der Waals surface area contributed by atoms with Gasteiger partial charge in [-0.05, 0) is 73.6 Å². The van der Waals surface area contributed by atoms with E-state index in [-0.39, 0.29) is 5.91 Å². The van der Waals surface area contributed by atoms with E-state index in [1.54, 1.807) is 12.1 Å². The van der Waals surface area contributed by atoms with Gasteiger partial charge in [-0.25, -0.2) is 0 Å². The molecule has 1 amide bonds. The lowest BCUT2D eigenvalue weighted by Crippen LogP contribution is -2.27. The van der Waals surface area contributed by atoms with E-state index in [0.717, 1.165) is 37.3 Å². The van der Waals surface area contributed by atoms with E-state index in [0.29, 0.717) is 15.7 Å². The van der Waals surface area contributed by atoms with Gasteiger partial charge in [0.05, 0.1) is 0 Å². The lowest BCUT2D eigenvalue weighted by molar-refractivity contribution is 0.0793. The third kappa shape index (κ3) is 4.24. The molecule has 0 aliphatic carbocycles. The summed E-state index contributed by atoms with van der Waals surface area (Å²) in [5.41, 5.74) is 2.40. The van der Waals surface area contributed by atoms with Gasteiger partial charge in [-0.15, -0.1) is 0 Å². The number of anilines is 2. The number of hydrogen-bond acceptors (Lipinski definition) is 2. The van der Waals surface area contributed by atoms with Gasteiger partial charge in [0, 0.05) is 35.1 Å². The first-order valence-electron chi connectivity index (χ1n) is 7.85. The SMILES string of the molecule is O=C(c1ccc(NC(=S)Nc2ccc(Cl)cc2)cc1)N1CCCC1. The van der Waals surface area contributed by atoms with Crippen LogP contribution in [0.15, 0.2) is 48.5 Å². The minimum Gasteiger partial charge on any atom is -0.339 e. The Kier molecular flexibility index (Phi) is 5.33. The molecule has 1 saturated heterocycles. The molecule has 6 heteroatoms. The van der Waals surface area contributed by atoms with Crippen LogP contribution in [0.1, 0.15) is 23.2 Å². The molecule has 0 radical (unpaired) electrons. The molecule has 0 saturated carbocycles. The zero-order chi connectivity index (χ0) is 16.9.